The molecule has 0 fully saturated rings. The summed E-state index contributed by atoms with van der Waals surface area (Å²) in [5.74, 6) is 0. The molecule has 0 saturated heterocycles. The molecular formula is C7H15NS. The third-order valence-corrected chi connectivity index (χ3v) is 1.55. The minimum absolute atomic E-state index is 0.558. The zero-order chi connectivity index (χ0) is 7.28. The molecule has 0 aromatic rings. The molecule has 0 saturated carbocycles. The van der Waals surface area contributed by atoms with E-state index < -0.39 is 0 Å². The normalized spacial score (nSPS) is 9.78. The van der Waals surface area contributed by atoms with Gasteiger partial charge in [0.2, 0.25) is 0 Å². The Hall–Kier alpha value is -0.110. The van der Waals surface area contributed by atoms with Gasteiger partial charge < -0.3 is 4.90 Å². The lowest BCUT2D eigenvalue weighted by Crippen LogP contribution is -2.29. The van der Waals surface area contributed by atoms with Gasteiger partial charge in [-0.3, -0.25) is 0 Å². The predicted octanol–water partition coefficient (Wildman–Crippen LogP) is 2.06. The van der Waals surface area contributed by atoms with Crippen molar-refractivity contribution >= 4 is 17.7 Å². The summed E-state index contributed by atoms with van der Waals surface area (Å²) in [6.45, 7) is 7.55. The summed E-state index contributed by atoms with van der Waals surface area (Å²) >= 11 is 4.82. The highest BCUT2D eigenvalue weighted by atomic mass is 32.1. The van der Waals surface area contributed by atoms with Gasteiger partial charge in [0.25, 0.3) is 0 Å². The lowest BCUT2D eigenvalue weighted by molar-refractivity contribution is 0.365. The molecule has 54 valence electrons. The maximum atomic E-state index is 4.82. The van der Waals surface area contributed by atoms with Gasteiger partial charge >= 0.3 is 0 Å². The topological polar surface area (TPSA) is 3.24 Å². The summed E-state index contributed by atoms with van der Waals surface area (Å²) in [7, 11) is 0. The van der Waals surface area contributed by atoms with E-state index in [1.54, 1.807) is 5.49 Å². The van der Waals surface area contributed by atoms with Crippen LogP contribution in [-0.4, -0.2) is 23.0 Å². The van der Waals surface area contributed by atoms with Crippen LogP contribution in [0.25, 0.3) is 0 Å². The largest absolute Gasteiger partial charge is 0.366 e. The number of thiocarbonyl (C=S) groups is 1. The van der Waals surface area contributed by atoms with Crippen molar-refractivity contribution < 1.29 is 0 Å². The highest BCUT2D eigenvalue weighted by molar-refractivity contribution is 7.78. The highest BCUT2D eigenvalue weighted by Gasteiger charge is 2.00. The zero-order valence-electron chi connectivity index (χ0n) is 6.42. The monoisotopic (exact) mass is 145 g/mol. The molecule has 0 aliphatic rings. The second-order valence-corrected chi connectivity index (χ2v) is 2.65. The zero-order valence-corrected chi connectivity index (χ0v) is 7.24. The van der Waals surface area contributed by atoms with E-state index in [-0.39, 0.29) is 0 Å². The summed E-state index contributed by atoms with van der Waals surface area (Å²) in [6, 6.07) is 0.558. The van der Waals surface area contributed by atoms with Crippen molar-refractivity contribution in [3.05, 3.63) is 0 Å². The third kappa shape index (κ3) is 3.46. The molecule has 0 bridgehead atoms. The molecule has 0 aliphatic heterocycles. The second-order valence-electron chi connectivity index (χ2n) is 2.44. The molecule has 0 N–H and O–H groups in total. The Morgan fingerprint density at radius 1 is 1.56 bits per heavy atom. The summed E-state index contributed by atoms with van der Waals surface area (Å²) < 4.78 is 0. The standard InChI is InChI=1S/C7H15NS/c1-4-5-8(6-9)7(2)3/h6-7H,4-5H2,1-3H3. The lowest BCUT2D eigenvalue weighted by atomic mass is 10.3. The number of hydrogen-bond donors (Lipinski definition) is 0. The van der Waals surface area contributed by atoms with Crippen LogP contribution in [0.2, 0.25) is 0 Å². The van der Waals surface area contributed by atoms with Gasteiger partial charge in [-0.25, -0.2) is 0 Å². The van der Waals surface area contributed by atoms with E-state index in [1.165, 1.54) is 6.42 Å². The van der Waals surface area contributed by atoms with Crippen molar-refractivity contribution in [3.63, 3.8) is 0 Å². The average molecular weight is 145 g/mol. The molecule has 0 unspecified atom stereocenters. The van der Waals surface area contributed by atoms with E-state index in [1.807, 2.05) is 0 Å². The Bertz CT molecular complexity index is 81.0. The smallest absolute Gasteiger partial charge is 0.0643 e. The van der Waals surface area contributed by atoms with Crippen LogP contribution in [0, 0.1) is 0 Å². The van der Waals surface area contributed by atoms with Crippen molar-refractivity contribution in [2.45, 2.75) is 33.2 Å². The van der Waals surface area contributed by atoms with E-state index in [0.29, 0.717) is 6.04 Å². The van der Waals surface area contributed by atoms with Crippen molar-refractivity contribution in [2.24, 2.45) is 0 Å². The van der Waals surface area contributed by atoms with Gasteiger partial charge in [-0.05, 0) is 20.3 Å². The molecule has 0 rings (SSSR count). The molecule has 0 aliphatic carbocycles. The van der Waals surface area contributed by atoms with E-state index in [2.05, 4.69) is 25.7 Å². The molecule has 9 heavy (non-hydrogen) atoms. The van der Waals surface area contributed by atoms with Crippen LogP contribution in [0.15, 0.2) is 0 Å². The first kappa shape index (κ1) is 8.89. The second kappa shape index (κ2) is 4.74. The molecule has 2 heteroatoms. The Morgan fingerprint density at radius 2 is 2.11 bits per heavy atom. The van der Waals surface area contributed by atoms with Crippen LogP contribution in [0.3, 0.4) is 0 Å². The average Bonchev–Trinajstić information content (AvgIpc) is 1.82. The van der Waals surface area contributed by atoms with E-state index >= 15 is 0 Å². The van der Waals surface area contributed by atoms with E-state index in [0.717, 1.165) is 6.54 Å². The Kier molecular flexibility index (Phi) is 4.68. The SMILES string of the molecule is CCCN(C=S)C(C)C. The first-order valence-corrected chi connectivity index (χ1v) is 3.90. The van der Waals surface area contributed by atoms with Gasteiger partial charge in [-0.15, -0.1) is 0 Å². The maximum absolute atomic E-state index is 4.82. The molecule has 0 spiro atoms. The lowest BCUT2D eigenvalue weighted by Gasteiger charge is -2.22. The van der Waals surface area contributed by atoms with Gasteiger partial charge in [0, 0.05) is 12.6 Å². The Morgan fingerprint density at radius 3 is 2.22 bits per heavy atom. The van der Waals surface area contributed by atoms with Crippen LogP contribution in [0.5, 0.6) is 0 Å². The molecule has 0 amide bonds. The molecule has 1 nitrogen and oxygen atoms in total. The minimum atomic E-state index is 0.558. The third-order valence-electron chi connectivity index (χ3n) is 1.28. The molecule has 0 aromatic carbocycles. The summed E-state index contributed by atoms with van der Waals surface area (Å²) in [6.07, 6.45) is 1.17. The quantitative estimate of drug-likeness (QED) is 0.557. The highest BCUT2D eigenvalue weighted by Crippen LogP contribution is 1.95. The maximum Gasteiger partial charge on any atom is 0.0643 e. The number of nitrogens with zero attached hydrogens (tertiary/aromatic N) is 1. The molecule has 0 heterocycles. The summed E-state index contributed by atoms with van der Waals surface area (Å²) in [5.41, 5.74) is 1.74. The van der Waals surface area contributed by atoms with Crippen LogP contribution in [0.1, 0.15) is 27.2 Å². The van der Waals surface area contributed by atoms with Gasteiger partial charge in [0.05, 0.1) is 5.49 Å². The van der Waals surface area contributed by atoms with Gasteiger partial charge in [-0.1, -0.05) is 19.1 Å². The van der Waals surface area contributed by atoms with E-state index in [4.69, 9.17) is 12.2 Å². The predicted molar refractivity (Wildman–Crippen MR) is 45.8 cm³/mol. The molecule has 0 radical (unpaired) electrons. The number of hydrogen-bond acceptors (Lipinski definition) is 1. The fraction of sp³-hybridized carbons (Fsp3) is 0.857. The summed E-state index contributed by atoms with van der Waals surface area (Å²) in [5, 5.41) is 0. The fourth-order valence-electron chi connectivity index (χ4n) is 0.691. The van der Waals surface area contributed by atoms with Crippen molar-refractivity contribution in [1.82, 2.24) is 4.90 Å². The van der Waals surface area contributed by atoms with Crippen LogP contribution < -0.4 is 0 Å². The van der Waals surface area contributed by atoms with Crippen molar-refractivity contribution in [1.29, 1.82) is 0 Å². The van der Waals surface area contributed by atoms with Crippen LogP contribution in [-0.2, 0) is 0 Å². The Labute approximate surface area is 63.0 Å². The van der Waals surface area contributed by atoms with Gasteiger partial charge in [0.15, 0.2) is 0 Å². The van der Waals surface area contributed by atoms with Crippen LogP contribution >= 0.6 is 12.2 Å². The molecule has 0 aromatic heterocycles. The van der Waals surface area contributed by atoms with Crippen LogP contribution in [0.4, 0.5) is 0 Å². The van der Waals surface area contributed by atoms with Crippen molar-refractivity contribution in [3.8, 4) is 0 Å². The molecule has 0 atom stereocenters. The van der Waals surface area contributed by atoms with Gasteiger partial charge in [0.1, 0.15) is 0 Å². The minimum Gasteiger partial charge on any atom is -0.366 e. The molecular weight excluding hydrogens is 130 g/mol. The van der Waals surface area contributed by atoms with E-state index in [9.17, 15) is 0 Å². The Balaban J connectivity index is 3.54. The first-order chi connectivity index (χ1) is 4.22. The summed E-state index contributed by atoms with van der Waals surface area (Å²) in [4.78, 5) is 2.16. The van der Waals surface area contributed by atoms with Crippen molar-refractivity contribution in [2.75, 3.05) is 6.54 Å². The fourth-order valence-corrected chi connectivity index (χ4v) is 1.04. The number of rotatable bonds is 4. The van der Waals surface area contributed by atoms with Gasteiger partial charge in [-0.2, -0.15) is 0 Å². The first-order valence-electron chi connectivity index (χ1n) is 3.43.